The van der Waals surface area contributed by atoms with Crippen molar-refractivity contribution in [3.8, 4) is 0 Å². The number of rotatable bonds is 3. The van der Waals surface area contributed by atoms with Gasteiger partial charge in [-0.2, -0.15) is 5.10 Å². The molecular weight excluding hydrogens is 266 g/mol. The van der Waals surface area contributed by atoms with E-state index in [1.165, 1.54) is 11.1 Å². The Labute approximate surface area is 103 Å². The molecule has 1 aromatic heterocycles. The zero-order valence-electron chi connectivity index (χ0n) is 9.10. The second-order valence-electron chi connectivity index (χ2n) is 3.75. The lowest BCUT2D eigenvalue weighted by Crippen LogP contribution is -2.21. The van der Waals surface area contributed by atoms with Gasteiger partial charge in [-0.1, -0.05) is 24.3 Å². The minimum Gasteiger partial charge on any atom is -0.328 e. The van der Waals surface area contributed by atoms with Gasteiger partial charge >= 0.3 is 0 Å². The third kappa shape index (κ3) is 2.18. The number of aryl methyl sites for hydroxylation is 1. The van der Waals surface area contributed by atoms with Gasteiger partial charge < -0.3 is 5.73 Å². The lowest BCUT2D eigenvalue weighted by Gasteiger charge is -2.17. The zero-order valence-corrected chi connectivity index (χ0v) is 10.7. The summed E-state index contributed by atoms with van der Waals surface area (Å²) in [6.07, 6.45) is 3.73. The minimum absolute atomic E-state index is 0.104. The number of hydrogen-bond donors (Lipinski definition) is 1. The van der Waals surface area contributed by atoms with E-state index < -0.39 is 0 Å². The number of hydrogen-bond acceptors (Lipinski definition) is 2. The van der Waals surface area contributed by atoms with Crippen molar-refractivity contribution in [1.82, 2.24) is 9.78 Å². The quantitative estimate of drug-likeness (QED) is 0.938. The molecule has 3 nitrogen and oxygen atoms in total. The summed E-state index contributed by atoms with van der Waals surface area (Å²) in [6.45, 7) is 2.63. The monoisotopic (exact) mass is 279 g/mol. The summed E-state index contributed by atoms with van der Waals surface area (Å²) in [6, 6.07) is 8.36. The highest BCUT2D eigenvalue weighted by Gasteiger charge is 2.14. The van der Waals surface area contributed by atoms with E-state index in [-0.39, 0.29) is 6.04 Å². The van der Waals surface area contributed by atoms with E-state index >= 15 is 0 Å². The predicted molar refractivity (Wildman–Crippen MR) is 68.3 cm³/mol. The fraction of sp³-hybridized carbons (Fsp3) is 0.250. The maximum absolute atomic E-state index is 5.84. The summed E-state index contributed by atoms with van der Waals surface area (Å²) < 4.78 is 2.87. The number of aromatic nitrogens is 2. The van der Waals surface area contributed by atoms with Crippen LogP contribution < -0.4 is 5.73 Å². The normalized spacial score (nSPS) is 12.7. The molecule has 2 N–H and O–H groups in total. The van der Waals surface area contributed by atoms with Crippen LogP contribution in [0.2, 0.25) is 0 Å². The lowest BCUT2D eigenvalue weighted by atomic mass is 10.0. The first-order valence-corrected chi connectivity index (χ1v) is 5.97. The Morgan fingerprint density at radius 1 is 1.44 bits per heavy atom. The number of nitrogens with zero attached hydrogens (tertiary/aromatic N) is 2. The highest BCUT2D eigenvalue weighted by Crippen LogP contribution is 2.21. The first-order chi connectivity index (χ1) is 7.72. The van der Waals surface area contributed by atoms with Gasteiger partial charge in [0.1, 0.15) is 0 Å². The molecule has 0 spiro atoms. The Hall–Kier alpha value is -1.13. The average molecular weight is 280 g/mol. The molecule has 1 aromatic carbocycles. The van der Waals surface area contributed by atoms with Gasteiger partial charge in [0.2, 0.25) is 0 Å². The molecule has 0 aliphatic carbocycles. The van der Waals surface area contributed by atoms with Crippen molar-refractivity contribution in [3.63, 3.8) is 0 Å². The molecule has 2 aromatic rings. The molecule has 0 aliphatic rings. The van der Waals surface area contributed by atoms with Crippen LogP contribution in [0.1, 0.15) is 17.2 Å². The van der Waals surface area contributed by atoms with Gasteiger partial charge in [-0.15, -0.1) is 0 Å². The van der Waals surface area contributed by atoms with Crippen LogP contribution in [-0.2, 0) is 0 Å². The predicted octanol–water partition coefficient (Wildman–Crippen LogP) is 2.50. The standard InChI is InChI=1S/C12H14BrN3/c1-9-4-2-3-5-11(9)12(6-14)16-8-10(13)7-15-16/h2-5,7-8,12H,6,14H2,1H3. The van der Waals surface area contributed by atoms with Gasteiger partial charge in [-0.05, 0) is 34.0 Å². The van der Waals surface area contributed by atoms with Gasteiger partial charge in [0.15, 0.2) is 0 Å². The zero-order chi connectivity index (χ0) is 11.5. The molecule has 1 unspecified atom stereocenters. The van der Waals surface area contributed by atoms with Gasteiger partial charge in [-0.25, -0.2) is 0 Å². The summed E-state index contributed by atoms with van der Waals surface area (Å²) in [5.74, 6) is 0. The van der Waals surface area contributed by atoms with E-state index in [0.717, 1.165) is 4.47 Å². The highest BCUT2D eigenvalue weighted by molar-refractivity contribution is 9.10. The van der Waals surface area contributed by atoms with Crippen LogP contribution in [0.25, 0.3) is 0 Å². The van der Waals surface area contributed by atoms with Crippen molar-refractivity contribution < 1.29 is 0 Å². The number of nitrogens with two attached hydrogens (primary N) is 1. The highest BCUT2D eigenvalue weighted by atomic mass is 79.9. The third-order valence-electron chi connectivity index (χ3n) is 2.66. The lowest BCUT2D eigenvalue weighted by molar-refractivity contribution is 0.529. The molecule has 0 radical (unpaired) electrons. The van der Waals surface area contributed by atoms with Crippen LogP contribution >= 0.6 is 15.9 Å². The van der Waals surface area contributed by atoms with E-state index in [2.05, 4.69) is 40.1 Å². The fourth-order valence-corrected chi connectivity index (χ4v) is 2.12. The second kappa shape index (κ2) is 4.80. The summed E-state index contributed by atoms with van der Waals surface area (Å²) in [5, 5.41) is 4.29. The van der Waals surface area contributed by atoms with Gasteiger partial charge in [-0.3, -0.25) is 4.68 Å². The van der Waals surface area contributed by atoms with Crippen molar-refractivity contribution in [2.75, 3.05) is 6.54 Å². The maximum Gasteiger partial charge on any atom is 0.0893 e. The molecule has 1 heterocycles. The smallest absolute Gasteiger partial charge is 0.0893 e. The molecule has 0 bridgehead atoms. The van der Waals surface area contributed by atoms with Crippen molar-refractivity contribution in [3.05, 3.63) is 52.3 Å². The van der Waals surface area contributed by atoms with Crippen LogP contribution in [0.5, 0.6) is 0 Å². The van der Waals surface area contributed by atoms with Crippen molar-refractivity contribution in [1.29, 1.82) is 0 Å². The summed E-state index contributed by atoms with van der Waals surface area (Å²) >= 11 is 3.40. The van der Waals surface area contributed by atoms with Crippen molar-refractivity contribution >= 4 is 15.9 Å². The van der Waals surface area contributed by atoms with E-state index in [0.29, 0.717) is 6.54 Å². The first-order valence-electron chi connectivity index (χ1n) is 5.17. The Bertz CT molecular complexity index is 479. The molecule has 0 aliphatic heterocycles. The van der Waals surface area contributed by atoms with Crippen LogP contribution in [-0.4, -0.2) is 16.3 Å². The van der Waals surface area contributed by atoms with E-state index in [1.807, 2.05) is 23.0 Å². The van der Waals surface area contributed by atoms with Crippen LogP contribution in [0.3, 0.4) is 0 Å². The molecular formula is C12H14BrN3. The molecule has 0 amide bonds. The molecule has 2 rings (SSSR count). The van der Waals surface area contributed by atoms with Crippen LogP contribution in [0, 0.1) is 6.92 Å². The van der Waals surface area contributed by atoms with Crippen molar-refractivity contribution in [2.24, 2.45) is 5.73 Å². The van der Waals surface area contributed by atoms with E-state index in [4.69, 9.17) is 5.73 Å². The summed E-state index contributed by atoms with van der Waals surface area (Å²) in [7, 11) is 0. The summed E-state index contributed by atoms with van der Waals surface area (Å²) in [5.41, 5.74) is 8.30. The first kappa shape index (κ1) is 11.4. The Balaban J connectivity index is 2.40. The van der Waals surface area contributed by atoms with Crippen LogP contribution in [0.4, 0.5) is 0 Å². The molecule has 0 saturated heterocycles. The molecule has 84 valence electrons. The SMILES string of the molecule is Cc1ccccc1C(CN)n1cc(Br)cn1. The molecule has 0 fully saturated rings. The molecule has 4 heteroatoms. The Morgan fingerprint density at radius 2 is 2.19 bits per heavy atom. The molecule has 0 saturated carbocycles. The van der Waals surface area contributed by atoms with E-state index in [1.54, 1.807) is 6.20 Å². The molecule has 16 heavy (non-hydrogen) atoms. The van der Waals surface area contributed by atoms with Gasteiger partial charge in [0.05, 0.1) is 16.7 Å². The Morgan fingerprint density at radius 3 is 2.75 bits per heavy atom. The largest absolute Gasteiger partial charge is 0.328 e. The topological polar surface area (TPSA) is 43.8 Å². The second-order valence-corrected chi connectivity index (χ2v) is 4.66. The Kier molecular flexibility index (Phi) is 3.41. The third-order valence-corrected chi connectivity index (χ3v) is 3.07. The van der Waals surface area contributed by atoms with E-state index in [9.17, 15) is 0 Å². The number of benzene rings is 1. The summed E-state index contributed by atoms with van der Waals surface area (Å²) in [4.78, 5) is 0. The van der Waals surface area contributed by atoms with Gasteiger partial charge in [0.25, 0.3) is 0 Å². The molecule has 1 atom stereocenters. The fourth-order valence-electron chi connectivity index (χ4n) is 1.82. The minimum atomic E-state index is 0.104. The maximum atomic E-state index is 5.84. The van der Waals surface area contributed by atoms with Crippen LogP contribution in [0.15, 0.2) is 41.1 Å². The van der Waals surface area contributed by atoms with Crippen molar-refractivity contribution in [2.45, 2.75) is 13.0 Å². The average Bonchev–Trinajstić information content (AvgIpc) is 2.69. The number of halogens is 1. The van der Waals surface area contributed by atoms with Gasteiger partial charge in [0, 0.05) is 12.7 Å².